The van der Waals surface area contributed by atoms with Crippen molar-refractivity contribution in [1.29, 1.82) is 0 Å². The summed E-state index contributed by atoms with van der Waals surface area (Å²) in [4.78, 5) is 14.5. The third-order valence-corrected chi connectivity index (χ3v) is 4.29. The zero-order chi connectivity index (χ0) is 14.9. The van der Waals surface area contributed by atoms with E-state index in [0.717, 1.165) is 22.9 Å². The van der Waals surface area contributed by atoms with Gasteiger partial charge in [-0.3, -0.25) is 4.79 Å². The van der Waals surface area contributed by atoms with Gasteiger partial charge in [0, 0.05) is 22.5 Å². The zero-order valence-corrected chi connectivity index (χ0v) is 14.0. The van der Waals surface area contributed by atoms with Crippen LogP contribution in [0.25, 0.3) is 0 Å². The highest BCUT2D eigenvalue weighted by atomic mass is 79.9. The van der Waals surface area contributed by atoms with Gasteiger partial charge in [-0.2, -0.15) is 0 Å². The lowest BCUT2D eigenvalue weighted by Gasteiger charge is -2.43. The Morgan fingerprint density at radius 3 is 2.65 bits per heavy atom. The van der Waals surface area contributed by atoms with E-state index in [2.05, 4.69) is 48.8 Å². The van der Waals surface area contributed by atoms with Gasteiger partial charge < -0.3 is 10.6 Å². The molecule has 0 aromatic heterocycles. The van der Waals surface area contributed by atoms with Crippen molar-refractivity contribution in [2.75, 3.05) is 0 Å². The van der Waals surface area contributed by atoms with Crippen molar-refractivity contribution in [1.82, 2.24) is 4.90 Å². The first kappa shape index (κ1) is 15.5. The number of carbonyl (C=O) groups excluding carboxylic acids is 1. The van der Waals surface area contributed by atoms with Crippen LogP contribution < -0.4 is 5.73 Å². The number of likely N-dealkylation sites (tertiary alicyclic amines) is 1. The molecule has 1 amide bonds. The smallest absolute Gasteiger partial charge is 0.223 e. The summed E-state index contributed by atoms with van der Waals surface area (Å²) in [5.41, 5.74) is 7.28. The molecule has 1 aliphatic rings. The molecule has 0 aliphatic carbocycles. The molecule has 0 saturated carbocycles. The molecule has 2 unspecified atom stereocenters. The van der Waals surface area contributed by atoms with Crippen molar-refractivity contribution in [2.24, 2.45) is 5.73 Å². The van der Waals surface area contributed by atoms with Gasteiger partial charge in [0.2, 0.25) is 5.91 Å². The fourth-order valence-corrected chi connectivity index (χ4v) is 3.41. The Labute approximate surface area is 129 Å². The normalized spacial score (nSPS) is 24.6. The van der Waals surface area contributed by atoms with E-state index >= 15 is 0 Å². The quantitative estimate of drug-likeness (QED) is 0.849. The standard InChI is InChI=1S/C16H23BrN2O/c1-16(2,3)19-14(20)9-5-8-13(18)15(19)11-6-4-7-12(17)10-11/h4,6-7,10,13,15H,5,8-9,18H2,1-3H3. The van der Waals surface area contributed by atoms with Crippen molar-refractivity contribution < 1.29 is 4.79 Å². The highest BCUT2D eigenvalue weighted by molar-refractivity contribution is 9.10. The van der Waals surface area contributed by atoms with Gasteiger partial charge in [-0.05, 0) is 51.3 Å². The highest BCUT2D eigenvalue weighted by Crippen LogP contribution is 2.36. The monoisotopic (exact) mass is 338 g/mol. The van der Waals surface area contributed by atoms with Gasteiger partial charge in [-0.1, -0.05) is 28.1 Å². The number of hydrogen-bond acceptors (Lipinski definition) is 2. The summed E-state index contributed by atoms with van der Waals surface area (Å²) in [6.45, 7) is 6.23. The lowest BCUT2D eigenvalue weighted by Crippen LogP contribution is -2.51. The van der Waals surface area contributed by atoms with Crippen molar-refractivity contribution in [3.05, 3.63) is 34.3 Å². The number of halogens is 1. The summed E-state index contributed by atoms with van der Waals surface area (Å²) in [6, 6.07) is 8.06. The van der Waals surface area contributed by atoms with Crippen LogP contribution in [0.4, 0.5) is 0 Å². The fourth-order valence-electron chi connectivity index (χ4n) is 2.99. The topological polar surface area (TPSA) is 46.3 Å². The average molecular weight is 339 g/mol. The highest BCUT2D eigenvalue weighted by Gasteiger charge is 2.38. The summed E-state index contributed by atoms with van der Waals surface area (Å²) >= 11 is 3.51. The summed E-state index contributed by atoms with van der Waals surface area (Å²) in [6.07, 6.45) is 2.35. The molecule has 0 bridgehead atoms. The predicted octanol–water partition coefficient (Wildman–Crippen LogP) is 3.63. The molecule has 1 fully saturated rings. The lowest BCUT2D eigenvalue weighted by atomic mass is 9.92. The maximum Gasteiger partial charge on any atom is 0.223 e. The van der Waals surface area contributed by atoms with Crippen LogP contribution in [0.2, 0.25) is 0 Å². The Balaban J connectivity index is 2.49. The molecular formula is C16H23BrN2O. The maximum absolute atomic E-state index is 12.5. The zero-order valence-electron chi connectivity index (χ0n) is 12.4. The molecule has 2 atom stereocenters. The van der Waals surface area contributed by atoms with Crippen LogP contribution >= 0.6 is 15.9 Å². The Bertz CT molecular complexity index is 495. The van der Waals surface area contributed by atoms with E-state index in [0.29, 0.717) is 6.42 Å². The predicted molar refractivity (Wildman–Crippen MR) is 85.3 cm³/mol. The molecule has 3 nitrogen and oxygen atoms in total. The minimum atomic E-state index is -0.230. The van der Waals surface area contributed by atoms with E-state index in [9.17, 15) is 4.79 Å². The molecule has 2 N–H and O–H groups in total. The maximum atomic E-state index is 12.5. The van der Waals surface area contributed by atoms with Crippen LogP contribution in [0.1, 0.15) is 51.6 Å². The van der Waals surface area contributed by atoms with E-state index in [1.165, 1.54) is 0 Å². The van der Waals surface area contributed by atoms with Crippen LogP contribution in [0.3, 0.4) is 0 Å². The van der Waals surface area contributed by atoms with E-state index in [1.807, 2.05) is 17.0 Å². The van der Waals surface area contributed by atoms with Crippen molar-refractivity contribution in [2.45, 2.75) is 57.7 Å². The molecule has 2 rings (SSSR count). The Morgan fingerprint density at radius 2 is 2.05 bits per heavy atom. The van der Waals surface area contributed by atoms with Crippen molar-refractivity contribution in [3.8, 4) is 0 Å². The third-order valence-electron chi connectivity index (χ3n) is 3.79. The minimum Gasteiger partial charge on any atom is -0.329 e. The van der Waals surface area contributed by atoms with Crippen molar-refractivity contribution in [3.63, 3.8) is 0 Å². The van der Waals surface area contributed by atoms with E-state index in [1.54, 1.807) is 0 Å². The average Bonchev–Trinajstić information content (AvgIpc) is 2.47. The molecular weight excluding hydrogens is 316 g/mol. The van der Waals surface area contributed by atoms with Gasteiger partial charge >= 0.3 is 0 Å². The van der Waals surface area contributed by atoms with Crippen LogP contribution in [0.15, 0.2) is 28.7 Å². The molecule has 0 spiro atoms. The Kier molecular flexibility index (Phi) is 4.55. The second-order valence-corrected chi connectivity index (χ2v) is 7.41. The number of rotatable bonds is 1. The molecule has 110 valence electrons. The number of benzene rings is 1. The Hall–Kier alpha value is -0.870. The first-order chi connectivity index (χ1) is 9.30. The van der Waals surface area contributed by atoms with Crippen LogP contribution in [-0.4, -0.2) is 22.4 Å². The van der Waals surface area contributed by atoms with E-state index < -0.39 is 0 Å². The molecule has 1 heterocycles. The summed E-state index contributed by atoms with van der Waals surface area (Å²) in [5, 5.41) is 0. The number of amides is 1. The second-order valence-electron chi connectivity index (χ2n) is 6.49. The first-order valence-corrected chi connectivity index (χ1v) is 7.93. The lowest BCUT2D eigenvalue weighted by molar-refractivity contribution is -0.139. The van der Waals surface area contributed by atoms with E-state index in [4.69, 9.17) is 5.73 Å². The fraction of sp³-hybridized carbons (Fsp3) is 0.562. The summed E-state index contributed by atoms with van der Waals surface area (Å²) in [5.74, 6) is 0.204. The van der Waals surface area contributed by atoms with Crippen LogP contribution in [-0.2, 0) is 4.79 Å². The number of nitrogens with two attached hydrogens (primary N) is 1. The van der Waals surface area contributed by atoms with E-state index in [-0.39, 0.29) is 23.5 Å². The van der Waals surface area contributed by atoms with Gasteiger partial charge in [-0.25, -0.2) is 0 Å². The summed E-state index contributed by atoms with van der Waals surface area (Å²) in [7, 11) is 0. The third kappa shape index (κ3) is 3.23. The molecule has 20 heavy (non-hydrogen) atoms. The van der Waals surface area contributed by atoms with Gasteiger partial charge in [0.05, 0.1) is 6.04 Å². The van der Waals surface area contributed by atoms with Crippen molar-refractivity contribution >= 4 is 21.8 Å². The summed E-state index contributed by atoms with van der Waals surface area (Å²) < 4.78 is 1.02. The number of hydrogen-bond donors (Lipinski definition) is 1. The molecule has 1 aliphatic heterocycles. The molecule has 4 heteroatoms. The van der Waals surface area contributed by atoms with Crippen LogP contribution in [0.5, 0.6) is 0 Å². The van der Waals surface area contributed by atoms with Crippen LogP contribution in [0, 0.1) is 0 Å². The molecule has 0 radical (unpaired) electrons. The SMILES string of the molecule is CC(C)(C)N1C(=O)CCCC(N)C1c1cccc(Br)c1. The number of carbonyl (C=O) groups is 1. The first-order valence-electron chi connectivity index (χ1n) is 7.14. The molecule has 1 aromatic carbocycles. The largest absolute Gasteiger partial charge is 0.329 e. The number of nitrogens with zero attached hydrogens (tertiary/aromatic N) is 1. The van der Waals surface area contributed by atoms with Gasteiger partial charge in [-0.15, -0.1) is 0 Å². The minimum absolute atomic E-state index is 0.0185. The Morgan fingerprint density at radius 1 is 1.35 bits per heavy atom. The second kappa shape index (κ2) is 5.86. The van der Waals surface area contributed by atoms with Gasteiger partial charge in [0.15, 0.2) is 0 Å². The molecule has 1 aromatic rings. The van der Waals surface area contributed by atoms with Gasteiger partial charge in [0.1, 0.15) is 0 Å². The molecule has 1 saturated heterocycles. The van der Waals surface area contributed by atoms with Gasteiger partial charge in [0.25, 0.3) is 0 Å².